The number of hydrogen-bond donors (Lipinski definition) is 1. The summed E-state index contributed by atoms with van der Waals surface area (Å²) in [6, 6.07) is 12.9. The average Bonchev–Trinajstić information content (AvgIpc) is 3.08. The first-order chi connectivity index (χ1) is 12.2. The van der Waals surface area contributed by atoms with Gasteiger partial charge in [-0.15, -0.1) is 0 Å². The summed E-state index contributed by atoms with van der Waals surface area (Å²) in [5.74, 6) is 0.447. The second kappa shape index (κ2) is 7.92. The van der Waals surface area contributed by atoms with Crippen LogP contribution in [0.5, 0.6) is 17.2 Å². The molecule has 0 amide bonds. The third kappa shape index (κ3) is 4.05. The number of rotatable bonds is 8. The van der Waals surface area contributed by atoms with Crippen LogP contribution >= 0.6 is 0 Å². The van der Waals surface area contributed by atoms with Crippen molar-refractivity contribution in [2.45, 2.75) is 32.1 Å². The fraction of sp³-hybridized carbons (Fsp3) is 0.350. The smallest absolute Gasteiger partial charge is 0.311 e. The molecule has 2 aromatic carbocycles. The van der Waals surface area contributed by atoms with Gasteiger partial charge in [0.15, 0.2) is 11.5 Å². The summed E-state index contributed by atoms with van der Waals surface area (Å²) < 4.78 is 16.5. The van der Waals surface area contributed by atoms with E-state index in [0.717, 1.165) is 24.2 Å². The molecule has 3 rings (SSSR count). The van der Waals surface area contributed by atoms with Crippen LogP contribution < -0.4 is 14.2 Å². The Kier molecular flexibility index (Phi) is 5.43. The van der Waals surface area contributed by atoms with Gasteiger partial charge in [0.25, 0.3) is 0 Å². The van der Waals surface area contributed by atoms with Gasteiger partial charge >= 0.3 is 5.97 Å². The van der Waals surface area contributed by atoms with E-state index in [1.54, 1.807) is 18.2 Å². The van der Waals surface area contributed by atoms with Crippen LogP contribution in [0.2, 0.25) is 0 Å². The minimum absolute atomic E-state index is 0.171. The molecule has 0 bridgehead atoms. The van der Waals surface area contributed by atoms with E-state index in [9.17, 15) is 9.90 Å². The molecule has 0 radical (unpaired) electrons. The predicted molar refractivity (Wildman–Crippen MR) is 93.5 cm³/mol. The number of hydrogen-bond acceptors (Lipinski definition) is 4. The molecular formula is C20H22O5. The van der Waals surface area contributed by atoms with Crippen LogP contribution in [0.4, 0.5) is 0 Å². The minimum Gasteiger partial charge on any atom is -0.493 e. The fourth-order valence-electron chi connectivity index (χ4n) is 2.84. The van der Waals surface area contributed by atoms with E-state index >= 15 is 0 Å². The van der Waals surface area contributed by atoms with Crippen molar-refractivity contribution in [1.82, 2.24) is 0 Å². The summed E-state index contributed by atoms with van der Waals surface area (Å²) in [6.45, 7) is 2.91. The number of unbranched alkanes of at least 4 members (excludes halogenated alkanes) is 1. The van der Waals surface area contributed by atoms with Crippen molar-refractivity contribution in [2.24, 2.45) is 0 Å². The van der Waals surface area contributed by atoms with Crippen molar-refractivity contribution in [3.63, 3.8) is 0 Å². The van der Waals surface area contributed by atoms with Crippen molar-refractivity contribution in [3.05, 3.63) is 53.6 Å². The van der Waals surface area contributed by atoms with Gasteiger partial charge < -0.3 is 19.3 Å². The monoisotopic (exact) mass is 342 g/mol. The molecule has 2 aromatic rings. The molecule has 0 aliphatic carbocycles. The lowest BCUT2D eigenvalue weighted by Crippen LogP contribution is -2.15. The molecular weight excluding hydrogens is 320 g/mol. The van der Waals surface area contributed by atoms with Gasteiger partial charge in [-0.1, -0.05) is 37.6 Å². The number of carboxylic acids is 1. The van der Waals surface area contributed by atoms with Gasteiger partial charge in [-0.3, -0.25) is 4.79 Å². The number of carbonyl (C=O) groups is 1. The van der Waals surface area contributed by atoms with Crippen LogP contribution in [0.1, 0.15) is 36.8 Å². The van der Waals surface area contributed by atoms with Gasteiger partial charge in [-0.2, -0.15) is 0 Å². The molecule has 5 nitrogen and oxygen atoms in total. The van der Waals surface area contributed by atoms with Crippen LogP contribution in [0, 0.1) is 0 Å². The molecule has 1 atom stereocenters. The van der Waals surface area contributed by atoms with E-state index in [2.05, 4.69) is 6.92 Å². The molecule has 1 aliphatic heterocycles. The van der Waals surface area contributed by atoms with E-state index in [0.29, 0.717) is 30.1 Å². The molecule has 1 unspecified atom stereocenters. The van der Waals surface area contributed by atoms with Crippen LogP contribution in [0.15, 0.2) is 42.5 Å². The quantitative estimate of drug-likeness (QED) is 0.735. The number of fused-ring (bicyclic) bond motifs is 1. The molecule has 0 spiro atoms. The van der Waals surface area contributed by atoms with Crippen molar-refractivity contribution in [2.75, 3.05) is 13.4 Å². The normalized spacial score (nSPS) is 13.5. The topological polar surface area (TPSA) is 65.0 Å². The second-order valence-corrected chi connectivity index (χ2v) is 6.02. The molecule has 1 heterocycles. The number of carboxylic acid groups (broad SMARTS) is 1. The third-order valence-electron chi connectivity index (χ3n) is 4.25. The number of para-hydroxylation sites is 1. The fourth-order valence-corrected chi connectivity index (χ4v) is 2.84. The average molecular weight is 342 g/mol. The molecule has 1 N–H and O–H groups in total. The Morgan fingerprint density at radius 3 is 2.80 bits per heavy atom. The number of ether oxygens (including phenoxy) is 3. The molecule has 1 aliphatic rings. The summed E-state index contributed by atoms with van der Waals surface area (Å²) in [7, 11) is 0. The first kappa shape index (κ1) is 17.1. The predicted octanol–water partition coefficient (Wildman–Crippen LogP) is 4.01. The zero-order valence-corrected chi connectivity index (χ0v) is 14.2. The number of benzene rings is 2. The summed E-state index contributed by atoms with van der Waals surface area (Å²) in [5, 5.41) is 9.73. The maximum Gasteiger partial charge on any atom is 0.311 e. The van der Waals surface area contributed by atoms with Crippen LogP contribution in [-0.4, -0.2) is 24.5 Å². The van der Waals surface area contributed by atoms with E-state index in [4.69, 9.17) is 14.2 Å². The standard InChI is InChI=1S/C20H22O5/c1-2-3-10-23-17-7-5-4-6-15(17)11-16(20(21)22)14-8-9-18-19(12-14)25-13-24-18/h4-9,12,16H,2-3,10-11,13H2,1H3,(H,21,22). The molecule has 0 saturated carbocycles. The maximum absolute atomic E-state index is 11.9. The SMILES string of the molecule is CCCCOc1ccccc1CC(C(=O)O)c1ccc2c(c1)OCO2. The van der Waals surface area contributed by atoms with Crippen molar-refractivity contribution >= 4 is 5.97 Å². The maximum atomic E-state index is 11.9. The van der Waals surface area contributed by atoms with Gasteiger partial charge in [0.2, 0.25) is 6.79 Å². The zero-order chi connectivity index (χ0) is 17.6. The van der Waals surface area contributed by atoms with E-state index < -0.39 is 11.9 Å². The molecule has 0 saturated heterocycles. The highest BCUT2D eigenvalue weighted by Gasteiger charge is 2.24. The number of aliphatic carboxylic acids is 1. The van der Waals surface area contributed by atoms with Gasteiger partial charge in [0.05, 0.1) is 12.5 Å². The van der Waals surface area contributed by atoms with E-state index in [1.165, 1.54) is 0 Å². The first-order valence-electron chi connectivity index (χ1n) is 8.52. The van der Waals surface area contributed by atoms with Gasteiger partial charge in [-0.05, 0) is 42.2 Å². The Balaban J connectivity index is 1.82. The first-order valence-corrected chi connectivity index (χ1v) is 8.52. The Labute approximate surface area is 147 Å². The highest BCUT2D eigenvalue weighted by Crippen LogP contribution is 2.36. The Morgan fingerprint density at radius 1 is 1.20 bits per heavy atom. The van der Waals surface area contributed by atoms with E-state index in [1.807, 2.05) is 24.3 Å². The summed E-state index contributed by atoms with van der Waals surface area (Å²) in [5.41, 5.74) is 1.59. The highest BCUT2D eigenvalue weighted by atomic mass is 16.7. The Morgan fingerprint density at radius 2 is 2.00 bits per heavy atom. The molecule has 132 valence electrons. The Hall–Kier alpha value is -2.69. The van der Waals surface area contributed by atoms with Gasteiger partial charge in [0, 0.05) is 0 Å². The molecule has 0 aromatic heterocycles. The summed E-state index contributed by atoms with van der Waals surface area (Å²) >= 11 is 0. The lowest BCUT2D eigenvalue weighted by Gasteiger charge is -2.16. The largest absolute Gasteiger partial charge is 0.493 e. The molecule has 0 fully saturated rings. The van der Waals surface area contributed by atoms with Crippen LogP contribution in [0.25, 0.3) is 0 Å². The van der Waals surface area contributed by atoms with Crippen molar-refractivity contribution < 1.29 is 24.1 Å². The van der Waals surface area contributed by atoms with Crippen molar-refractivity contribution in [1.29, 1.82) is 0 Å². The van der Waals surface area contributed by atoms with Crippen LogP contribution in [0.3, 0.4) is 0 Å². The van der Waals surface area contributed by atoms with Crippen LogP contribution in [-0.2, 0) is 11.2 Å². The van der Waals surface area contributed by atoms with Gasteiger partial charge in [0.1, 0.15) is 5.75 Å². The summed E-state index contributed by atoms with van der Waals surface area (Å²) in [6.07, 6.45) is 2.38. The molecule has 5 heteroatoms. The second-order valence-electron chi connectivity index (χ2n) is 6.02. The third-order valence-corrected chi connectivity index (χ3v) is 4.25. The van der Waals surface area contributed by atoms with E-state index in [-0.39, 0.29) is 6.79 Å². The molecule has 25 heavy (non-hydrogen) atoms. The Bertz CT molecular complexity index is 741. The highest BCUT2D eigenvalue weighted by molar-refractivity contribution is 5.77. The summed E-state index contributed by atoms with van der Waals surface area (Å²) in [4.78, 5) is 11.9. The van der Waals surface area contributed by atoms with Crippen molar-refractivity contribution in [3.8, 4) is 17.2 Å². The zero-order valence-electron chi connectivity index (χ0n) is 14.2. The van der Waals surface area contributed by atoms with Gasteiger partial charge in [-0.25, -0.2) is 0 Å². The lowest BCUT2D eigenvalue weighted by atomic mass is 9.91. The minimum atomic E-state index is -0.873. The lowest BCUT2D eigenvalue weighted by molar-refractivity contribution is -0.138.